The number of rotatable bonds is 3. The Bertz CT molecular complexity index is 274. The maximum Gasteiger partial charge on any atom is 0.130 e. The first-order valence-electron chi connectivity index (χ1n) is 6.49. The molecule has 1 fully saturated rings. The quantitative estimate of drug-likeness (QED) is 0.755. The third-order valence-electron chi connectivity index (χ3n) is 3.46. The minimum atomic E-state index is -0.869. The second-order valence-corrected chi connectivity index (χ2v) is 5.33. The van der Waals surface area contributed by atoms with E-state index in [1.807, 2.05) is 27.7 Å². The van der Waals surface area contributed by atoms with Crippen molar-refractivity contribution in [3.05, 3.63) is 0 Å². The topological polar surface area (TPSA) is 32.7 Å². The molecule has 1 N–H and O–H groups in total. The van der Waals surface area contributed by atoms with E-state index in [0.717, 1.165) is 32.8 Å². The van der Waals surface area contributed by atoms with Crippen LogP contribution in [0.1, 0.15) is 27.7 Å². The molecule has 0 aromatic rings. The van der Waals surface area contributed by atoms with Gasteiger partial charge in [0, 0.05) is 13.1 Å². The van der Waals surface area contributed by atoms with Gasteiger partial charge in [0.15, 0.2) is 0 Å². The Hall–Kier alpha value is -0.560. The fourth-order valence-corrected chi connectivity index (χ4v) is 2.01. The van der Waals surface area contributed by atoms with Gasteiger partial charge in [0.1, 0.15) is 5.60 Å². The summed E-state index contributed by atoms with van der Waals surface area (Å²) in [5.41, 5.74) is -0.869. The minimum absolute atomic E-state index is 0.152. The molecule has 1 saturated heterocycles. The molecule has 1 rings (SSSR count). The Kier molecular flexibility index (Phi) is 5.45. The second kappa shape index (κ2) is 6.39. The van der Waals surface area contributed by atoms with Crippen molar-refractivity contribution in [2.75, 3.05) is 32.8 Å². The molecule has 3 nitrogen and oxygen atoms in total. The first kappa shape index (κ1) is 14.5. The van der Waals surface area contributed by atoms with Gasteiger partial charge in [-0.05, 0) is 11.8 Å². The number of hydrogen-bond donors (Lipinski definition) is 1. The Morgan fingerprint density at radius 1 is 1.18 bits per heavy atom. The van der Waals surface area contributed by atoms with Gasteiger partial charge < -0.3 is 9.84 Å². The molecule has 0 saturated carbocycles. The predicted octanol–water partition coefficient (Wildman–Crippen LogP) is 1.37. The summed E-state index contributed by atoms with van der Waals surface area (Å²) in [4.78, 5) is 2.26. The van der Waals surface area contributed by atoms with E-state index in [2.05, 4.69) is 16.7 Å². The van der Waals surface area contributed by atoms with Crippen molar-refractivity contribution in [3.8, 4) is 11.8 Å². The molecule has 17 heavy (non-hydrogen) atoms. The Morgan fingerprint density at radius 2 is 1.71 bits per heavy atom. The van der Waals surface area contributed by atoms with Gasteiger partial charge in [0.2, 0.25) is 0 Å². The molecule has 98 valence electrons. The lowest BCUT2D eigenvalue weighted by molar-refractivity contribution is 0.00895. The van der Waals surface area contributed by atoms with Crippen LogP contribution in [0.4, 0.5) is 0 Å². The lowest BCUT2D eigenvalue weighted by Gasteiger charge is -2.31. The van der Waals surface area contributed by atoms with E-state index in [0.29, 0.717) is 0 Å². The van der Waals surface area contributed by atoms with Crippen molar-refractivity contribution in [2.45, 2.75) is 33.3 Å². The zero-order valence-corrected chi connectivity index (χ0v) is 11.5. The summed E-state index contributed by atoms with van der Waals surface area (Å²) in [6.07, 6.45) is 0. The van der Waals surface area contributed by atoms with Crippen molar-refractivity contribution in [1.29, 1.82) is 0 Å². The van der Waals surface area contributed by atoms with Crippen LogP contribution in [0.25, 0.3) is 0 Å². The zero-order valence-electron chi connectivity index (χ0n) is 11.5. The van der Waals surface area contributed by atoms with Crippen molar-refractivity contribution in [3.63, 3.8) is 0 Å². The van der Waals surface area contributed by atoms with Crippen molar-refractivity contribution >= 4 is 0 Å². The number of ether oxygens (including phenoxy) is 1. The summed E-state index contributed by atoms with van der Waals surface area (Å²) >= 11 is 0. The van der Waals surface area contributed by atoms with Gasteiger partial charge in [-0.25, -0.2) is 0 Å². The average Bonchev–Trinajstić information content (AvgIpc) is 2.29. The highest BCUT2D eigenvalue weighted by Crippen LogP contribution is 2.24. The van der Waals surface area contributed by atoms with E-state index in [-0.39, 0.29) is 11.8 Å². The van der Waals surface area contributed by atoms with Gasteiger partial charge in [-0.1, -0.05) is 39.5 Å². The molecule has 1 heterocycles. The highest BCUT2D eigenvalue weighted by atomic mass is 16.5. The van der Waals surface area contributed by atoms with Gasteiger partial charge in [-0.15, -0.1) is 0 Å². The van der Waals surface area contributed by atoms with Crippen LogP contribution in [0.5, 0.6) is 0 Å². The van der Waals surface area contributed by atoms with Gasteiger partial charge in [0.05, 0.1) is 19.8 Å². The van der Waals surface area contributed by atoms with Crippen LogP contribution in [-0.4, -0.2) is 48.5 Å². The molecule has 0 spiro atoms. The molecule has 0 aliphatic carbocycles. The van der Waals surface area contributed by atoms with E-state index in [4.69, 9.17) is 4.74 Å². The molecule has 0 atom stereocenters. The van der Waals surface area contributed by atoms with Crippen molar-refractivity contribution in [1.82, 2.24) is 4.90 Å². The molecule has 3 heteroatoms. The van der Waals surface area contributed by atoms with Crippen molar-refractivity contribution in [2.24, 2.45) is 11.8 Å². The normalized spacial score (nSPS) is 18.3. The van der Waals surface area contributed by atoms with E-state index in [1.165, 1.54) is 0 Å². The summed E-state index contributed by atoms with van der Waals surface area (Å²) in [6, 6.07) is 0. The lowest BCUT2D eigenvalue weighted by atomic mass is 9.81. The van der Waals surface area contributed by atoms with Crippen LogP contribution in [0.2, 0.25) is 0 Å². The van der Waals surface area contributed by atoms with E-state index in [1.54, 1.807) is 0 Å². The molecular weight excluding hydrogens is 214 g/mol. The fraction of sp³-hybridized carbons (Fsp3) is 0.857. The highest BCUT2D eigenvalue weighted by molar-refractivity contribution is 5.17. The second-order valence-electron chi connectivity index (χ2n) is 5.33. The van der Waals surface area contributed by atoms with E-state index < -0.39 is 5.60 Å². The van der Waals surface area contributed by atoms with Gasteiger partial charge in [0.25, 0.3) is 0 Å². The smallest absolute Gasteiger partial charge is 0.130 e. The summed E-state index contributed by atoms with van der Waals surface area (Å²) < 4.78 is 5.28. The highest BCUT2D eigenvalue weighted by Gasteiger charge is 2.32. The van der Waals surface area contributed by atoms with Crippen LogP contribution < -0.4 is 0 Å². The van der Waals surface area contributed by atoms with E-state index in [9.17, 15) is 5.11 Å². The van der Waals surface area contributed by atoms with Gasteiger partial charge in [-0.2, -0.15) is 0 Å². The predicted molar refractivity (Wildman–Crippen MR) is 69.7 cm³/mol. The first-order chi connectivity index (χ1) is 7.97. The lowest BCUT2D eigenvalue weighted by Crippen LogP contribution is -2.40. The van der Waals surface area contributed by atoms with Gasteiger partial charge in [-0.3, -0.25) is 4.90 Å². The van der Waals surface area contributed by atoms with E-state index >= 15 is 0 Å². The Morgan fingerprint density at radius 3 is 2.18 bits per heavy atom. The average molecular weight is 239 g/mol. The van der Waals surface area contributed by atoms with Crippen LogP contribution in [0, 0.1) is 23.7 Å². The summed E-state index contributed by atoms with van der Waals surface area (Å²) in [5.74, 6) is 6.50. The molecule has 0 bridgehead atoms. The molecule has 0 unspecified atom stereocenters. The first-order valence-corrected chi connectivity index (χ1v) is 6.49. The summed E-state index contributed by atoms with van der Waals surface area (Å²) in [5, 5.41) is 10.5. The minimum Gasteiger partial charge on any atom is -0.379 e. The maximum atomic E-state index is 10.5. The molecule has 0 aromatic carbocycles. The summed E-state index contributed by atoms with van der Waals surface area (Å²) in [6.45, 7) is 12.3. The maximum absolute atomic E-state index is 10.5. The standard InChI is InChI=1S/C14H25NO2/c1-12(2)14(16,13(3)4)6-5-7-15-8-10-17-11-9-15/h12-13,16H,7-11H2,1-4H3. The zero-order chi connectivity index (χ0) is 12.9. The molecule has 1 aliphatic heterocycles. The van der Waals surface area contributed by atoms with Crippen LogP contribution >= 0.6 is 0 Å². The molecule has 0 amide bonds. The molecule has 1 aliphatic rings. The third-order valence-corrected chi connectivity index (χ3v) is 3.46. The van der Waals surface area contributed by atoms with Crippen LogP contribution in [-0.2, 0) is 4.74 Å². The number of aliphatic hydroxyl groups is 1. The Balaban J connectivity index is 2.55. The van der Waals surface area contributed by atoms with Gasteiger partial charge >= 0.3 is 0 Å². The van der Waals surface area contributed by atoms with Crippen molar-refractivity contribution < 1.29 is 9.84 Å². The molecule has 0 radical (unpaired) electrons. The number of morpholine rings is 1. The SMILES string of the molecule is CC(C)C(O)(C#CCN1CCOCC1)C(C)C. The van der Waals surface area contributed by atoms with Crippen LogP contribution in [0.15, 0.2) is 0 Å². The third kappa shape index (κ3) is 3.99. The molecular formula is C14H25NO2. The molecule has 0 aromatic heterocycles. The monoisotopic (exact) mass is 239 g/mol. The largest absolute Gasteiger partial charge is 0.379 e. The fourth-order valence-electron chi connectivity index (χ4n) is 2.01. The summed E-state index contributed by atoms with van der Waals surface area (Å²) in [7, 11) is 0. The number of hydrogen-bond acceptors (Lipinski definition) is 3. The van der Waals surface area contributed by atoms with Crippen LogP contribution in [0.3, 0.4) is 0 Å². The Labute approximate surface area is 105 Å². The number of nitrogens with zero attached hydrogens (tertiary/aromatic N) is 1.